The van der Waals surface area contributed by atoms with E-state index in [2.05, 4.69) is 15.3 Å². The van der Waals surface area contributed by atoms with Crippen LogP contribution in [0.1, 0.15) is 6.42 Å². The van der Waals surface area contributed by atoms with Crippen molar-refractivity contribution in [1.82, 2.24) is 9.97 Å². The minimum Gasteiger partial charge on any atom is -0.481 e. The first-order valence-corrected chi connectivity index (χ1v) is 6.87. The number of sulfonamides is 1. The summed E-state index contributed by atoms with van der Waals surface area (Å²) < 4.78 is 31.4. The quantitative estimate of drug-likeness (QED) is 0.650. The SMILES string of the molecule is COc1cc(OC)nc(NCCCS(N)(=O)=O)n1. The number of primary sulfonamides is 1. The van der Waals surface area contributed by atoms with Crippen LogP contribution in [0, 0.1) is 0 Å². The molecule has 9 heteroatoms. The van der Waals surface area contributed by atoms with Gasteiger partial charge in [0.2, 0.25) is 27.7 Å². The lowest BCUT2D eigenvalue weighted by Crippen LogP contribution is -2.19. The molecule has 0 bridgehead atoms. The molecule has 0 fully saturated rings. The summed E-state index contributed by atoms with van der Waals surface area (Å²) >= 11 is 0. The molecule has 0 aliphatic carbocycles. The first-order valence-electron chi connectivity index (χ1n) is 5.16. The topological polar surface area (TPSA) is 116 Å². The van der Waals surface area contributed by atoms with Crippen LogP contribution in [0.3, 0.4) is 0 Å². The van der Waals surface area contributed by atoms with Crippen molar-refractivity contribution in [2.75, 3.05) is 31.8 Å². The minimum atomic E-state index is -3.43. The Balaban J connectivity index is 2.56. The monoisotopic (exact) mass is 276 g/mol. The zero-order valence-electron chi connectivity index (χ0n) is 10.2. The smallest absolute Gasteiger partial charge is 0.229 e. The Morgan fingerprint density at radius 3 is 2.28 bits per heavy atom. The predicted molar refractivity (Wildman–Crippen MR) is 66.2 cm³/mol. The summed E-state index contributed by atoms with van der Waals surface area (Å²) in [5, 5.41) is 7.74. The van der Waals surface area contributed by atoms with E-state index < -0.39 is 10.0 Å². The van der Waals surface area contributed by atoms with Crippen molar-refractivity contribution in [2.24, 2.45) is 5.14 Å². The van der Waals surface area contributed by atoms with Gasteiger partial charge in [0.1, 0.15) is 0 Å². The molecule has 3 N–H and O–H groups in total. The maximum absolute atomic E-state index is 10.7. The number of methoxy groups -OCH3 is 2. The fourth-order valence-corrected chi connectivity index (χ4v) is 1.71. The van der Waals surface area contributed by atoms with E-state index in [0.717, 1.165) is 0 Å². The number of anilines is 1. The largest absolute Gasteiger partial charge is 0.481 e. The molecule has 1 aromatic rings. The normalized spacial score (nSPS) is 11.1. The molecule has 102 valence electrons. The van der Waals surface area contributed by atoms with Gasteiger partial charge in [-0.1, -0.05) is 0 Å². The highest BCUT2D eigenvalue weighted by Crippen LogP contribution is 2.16. The Morgan fingerprint density at radius 1 is 1.28 bits per heavy atom. The Hall–Kier alpha value is -1.61. The van der Waals surface area contributed by atoms with Gasteiger partial charge in [-0.2, -0.15) is 9.97 Å². The van der Waals surface area contributed by atoms with E-state index in [4.69, 9.17) is 14.6 Å². The van der Waals surface area contributed by atoms with Crippen LogP contribution in [0.15, 0.2) is 6.07 Å². The zero-order valence-corrected chi connectivity index (χ0v) is 11.0. The lowest BCUT2D eigenvalue weighted by atomic mass is 10.5. The van der Waals surface area contributed by atoms with Gasteiger partial charge in [-0.15, -0.1) is 0 Å². The molecule has 0 aliphatic rings. The van der Waals surface area contributed by atoms with E-state index in [1.54, 1.807) is 0 Å². The van der Waals surface area contributed by atoms with E-state index >= 15 is 0 Å². The molecule has 0 saturated carbocycles. The molecule has 0 atom stereocenters. The fourth-order valence-electron chi connectivity index (χ4n) is 1.17. The first kappa shape index (κ1) is 14.5. The van der Waals surface area contributed by atoms with E-state index in [1.807, 2.05) is 0 Å². The van der Waals surface area contributed by atoms with Gasteiger partial charge in [0.05, 0.1) is 26.0 Å². The van der Waals surface area contributed by atoms with E-state index in [9.17, 15) is 8.42 Å². The van der Waals surface area contributed by atoms with Gasteiger partial charge in [0.15, 0.2) is 0 Å². The summed E-state index contributed by atoms with van der Waals surface area (Å²) in [7, 11) is -0.477. The highest BCUT2D eigenvalue weighted by molar-refractivity contribution is 7.89. The van der Waals surface area contributed by atoms with E-state index in [0.29, 0.717) is 30.7 Å². The number of hydrogen-bond acceptors (Lipinski definition) is 7. The Labute approximate surface area is 106 Å². The number of nitrogens with one attached hydrogen (secondary N) is 1. The molecule has 0 aromatic carbocycles. The van der Waals surface area contributed by atoms with Crippen LogP contribution in [-0.4, -0.2) is 44.9 Å². The summed E-state index contributed by atoms with van der Waals surface area (Å²) in [4.78, 5) is 8.06. The van der Waals surface area contributed by atoms with Crippen molar-refractivity contribution in [1.29, 1.82) is 0 Å². The van der Waals surface area contributed by atoms with Gasteiger partial charge in [-0.05, 0) is 6.42 Å². The third kappa shape index (κ3) is 5.15. The molecule has 18 heavy (non-hydrogen) atoms. The molecule has 0 unspecified atom stereocenters. The lowest BCUT2D eigenvalue weighted by molar-refractivity contribution is 0.373. The third-order valence-corrected chi connectivity index (χ3v) is 2.84. The summed E-state index contributed by atoms with van der Waals surface area (Å²) in [5.41, 5.74) is 0. The van der Waals surface area contributed by atoms with Crippen molar-refractivity contribution in [2.45, 2.75) is 6.42 Å². The van der Waals surface area contributed by atoms with Gasteiger partial charge in [0, 0.05) is 6.54 Å². The molecule has 1 aromatic heterocycles. The summed E-state index contributed by atoms with van der Waals surface area (Å²) in [6, 6.07) is 1.54. The third-order valence-electron chi connectivity index (χ3n) is 1.99. The van der Waals surface area contributed by atoms with Crippen LogP contribution < -0.4 is 19.9 Å². The molecule has 1 heterocycles. The van der Waals surface area contributed by atoms with E-state index in [1.165, 1.54) is 20.3 Å². The van der Waals surface area contributed by atoms with Crippen LogP contribution in [0.4, 0.5) is 5.95 Å². The summed E-state index contributed by atoms with van der Waals surface area (Å²) in [5.74, 6) is 0.924. The highest BCUT2D eigenvalue weighted by Gasteiger charge is 2.06. The summed E-state index contributed by atoms with van der Waals surface area (Å²) in [6.45, 7) is 0.382. The Bertz CT molecular complexity index is 469. The molecule has 0 aliphatic heterocycles. The van der Waals surface area contributed by atoms with E-state index in [-0.39, 0.29) is 5.75 Å². The second-order valence-electron chi connectivity index (χ2n) is 3.42. The zero-order chi connectivity index (χ0) is 13.6. The van der Waals surface area contributed by atoms with Gasteiger partial charge >= 0.3 is 0 Å². The Kier molecular flexibility index (Phi) is 5.10. The number of rotatable bonds is 7. The average Bonchev–Trinajstić information content (AvgIpc) is 2.33. The van der Waals surface area contributed by atoms with Crippen LogP contribution in [0.2, 0.25) is 0 Å². The van der Waals surface area contributed by atoms with Crippen LogP contribution in [0.5, 0.6) is 11.8 Å². The molecule has 0 saturated heterocycles. The lowest BCUT2D eigenvalue weighted by Gasteiger charge is -2.07. The van der Waals surface area contributed by atoms with Gasteiger partial charge < -0.3 is 14.8 Å². The van der Waals surface area contributed by atoms with Crippen LogP contribution >= 0.6 is 0 Å². The predicted octanol–water partition coefficient (Wildman–Crippen LogP) is -0.416. The first-order chi connectivity index (χ1) is 8.44. The molecular formula is C9H16N4O4S. The van der Waals surface area contributed by atoms with Crippen molar-refractivity contribution < 1.29 is 17.9 Å². The molecule has 0 radical (unpaired) electrons. The molecule has 1 rings (SSSR count). The van der Waals surface area contributed by atoms with Crippen LogP contribution in [-0.2, 0) is 10.0 Å². The molecular weight excluding hydrogens is 260 g/mol. The van der Waals surface area contributed by atoms with Crippen molar-refractivity contribution >= 4 is 16.0 Å². The molecule has 8 nitrogen and oxygen atoms in total. The average molecular weight is 276 g/mol. The standard InChI is InChI=1S/C9H16N4O4S/c1-16-7-6-8(17-2)13-9(12-7)11-4-3-5-18(10,14)15/h6H,3-5H2,1-2H3,(H2,10,14,15)(H,11,12,13). The molecule has 0 spiro atoms. The van der Waals surface area contributed by atoms with Crippen molar-refractivity contribution in [3.05, 3.63) is 6.07 Å². The summed E-state index contributed by atoms with van der Waals surface area (Å²) in [6.07, 6.45) is 0.363. The maximum Gasteiger partial charge on any atom is 0.229 e. The van der Waals surface area contributed by atoms with Crippen molar-refractivity contribution in [3.8, 4) is 11.8 Å². The maximum atomic E-state index is 10.7. The van der Waals surface area contributed by atoms with Crippen molar-refractivity contribution in [3.63, 3.8) is 0 Å². The second-order valence-corrected chi connectivity index (χ2v) is 5.16. The molecule has 0 amide bonds. The number of nitrogens with two attached hydrogens (primary N) is 1. The van der Waals surface area contributed by atoms with Crippen LogP contribution in [0.25, 0.3) is 0 Å². The van der Waals surface area contributed by atoms with Gasteiger partial charge in [-0.25, -0.2) is 13.6 Å². The Morgan fingerprint density at radius 2 is 1.83 bits per heavy atom. The number of aromatic nitrogens is 2. The number of ether oxygens (including phenoxy) is 2. The fraction of sp³-hybridized carbons (Fsp3) is 0.556. The minimum absolute atomic E-state index is 0.0961. The van der Waals surface area contributed by atoms with Gasteiger partial charge in [0.25, 0.3) is 0 Å². The van der Waals surface area contributed by atoms with Gasteiger partial charge in [-0.3, -0.25) is 0 Å². The number of hydrogen-bond donors (Lipinski definition) is 2. The number of nitrogens with zero attached hydrogens (tertiary/aromatic N) is 2. The highest BCUT2D eigenvalue weighted by atomic mass is 32.2. The second kappa shape index (κ2) is 6.36.